The van der Waals surface area contributed by atoms with E-state index >= 15 is 0 Å². The van der Waals surface area contributed by atoms with Gasteiger partial charge in [-0.3, -0.25) is 0 Å². The molecule has 5 heteroatoms. The van der Waals surface area contributed by atoms with Crippen LogP contribution in [0.4, 0.5) is 9.18 Å². The fraction of sp³-hybridized carbons (Fsp3) is 0.417. The van der Waals surface area contributed by atoms with Crippen LogP contribution in [0.5, 0.6) is 0 Å². The van der Waals surface area contributed by atoms with E-state index in [1.54, 1.807) is 0 Å². The lowest BCUT2D eigenvalue weighted by molar-refractivity contribution is 0.102. The van der Waals surface area contributed by atoms with Crippen molar-refractivity contribution in [2.24, 2.45) is 5.73 Å². The number of nitrogens with zero attached hydrogens (tertiary/aromatic N) is 1. The van der Waals surface area contributed by atoms with Gasteiger partial charge in [-0.15, -0.1) is 0 Å². The number of hydrogen-bond donors (Lipinski definition) is 1. The van der Waals surface area contributed by atoms with E-state index in [1.807, 2.05) is 30.3 Å². The molecule has 0 aliphatic carbocycles. The van der Waals surface area contributed by atoms with Gasteiger partial charge in [-0.05, 0) is 5.56 Å². The maximum Gasteiger partial charge on any atom is 0.410 e. The van der Waals surface area contributed by atoms with Crippen molar-refractivity contribution < 1.29 is 13.9 Å². The number of hydrogen-bond acceptors (Lipinski definition) is 3. The lowest BCUT2D eigenvalue weighted by Crippen LogP contribution is -2.32. The monoisotopic (exact) mass is 238 g/mol. The predicted molar refractivity (Wildman–Crippen MR) is 61.1 cm³/mol. The number of amides is 1. The summed E-state index contributed by atoms with van der Waals surface area (Å²) in [7, 11) is 0. The quantitative estimate of drug-likeness (QED) is 0.845. The van der Waals surface area contributed by atoms with Gasteiger partial charge in [0, 0.05) is 6.54 Å². The summed E-state index contributed by atoms with van der Waals surface area (Å²) in [5.74, 6) is 0. The van der Waals surface area contributed by atoms with Crippen LogP contribution in [0.3, 0.4) is 0 Å². The maximum absolute atomic E-state index is 13.1. The average Bonchev–Trinajstić information content (AvgIpc) is 2.68. The minimum atomic E-state index is -1.15. The normalized spacial score (nSPS) is 23.8. The summed E-state index contributed by atoms with van der Waals surface area (Å²) in [6.45, 7) is 0.436. The van der Waals surface area contributed by atoms with Gasteiger partial charge in [0.05, 0.1) is 12.6 Å². The molecule has 1 saturated heterocycles. The van der Waals surface area contributed by atoms with Gasteiger partial charge >= 0.3 is 6.09 Å². The molecule has 2 unspecified atom stereocenters. The largest absolute Gasteiger partial charge is 0.445 e. The molecule has 2 atom stereocenters. The lowest BCUT2D eigenvalue weighted by Gasteiger charge is -2.15. The molecule has 1 fully saturated rings. The van der Waals surface area contributed by atoms with E-state index in [9.17, 15) is 9.18 Å². The van der Waals surface area contributed by atoms with Crippen LogP contribution < -0.4 is 5.73 Å². The summed E-state index contributed by atoms with van der Waals surface area (Å²) in [5.41, 5.74) is 6.39. The summed E-state index contributed by atoms with van der Waals surface area (Å²) in [6.07, 6.45) is -1.66. The lowest BCUT2D eigenvalue weighted by atomic mass is 10.2. The Bertz CT molecular complexity index is 375. The van der Waals surface area contributed by atoms with Gasteiger partial charge < -0.3 is 15.4 Å². The first kappa shape index (κ1) is 11.9. The minimum absolute atomic E-state index is 0.0226. The Labute approximate surface area is 99.2 Å². The Morgan fingerprint density at radius 2 is 2.12 bits per heavy atom. The third kappa shape index (κ3) is 2.94. The maximum atomic E-state index is 13.1. The van der Waals surface area contributed by atoms with Crippen LogP contribution in [0.15, 0.2) is 30.3 Å². The van der Waals surface area contributed by atoms with Crippen LogP contribution in [-0.4, -0.2) is 36.3 Å². The number of carbonyl (C=O) groups excluding carboxylic acids is 1. The molecule has 1 amide bonds. The molecule has 2 rings (SSSR count). The van der Waals surface area contributed by atoms with E-state index in [-0.39, 0.29) is 19.7 Å². The molecule has 2 N–H and O–H groups in total. The Morgan fingerprint density at radius 3 is 2.71 bits per heavy atom. The Hall–Kier alpha value is -1.62. The number of alkyl halides is 1. The second-order valence-electron chi connectivity index (χ2n) is 4.13. The summed E-state index contributed by atoms with van der Waals surface area (Å²) < 4.78 is 18.2. The summed E-state index contributed by atoms with van der Waals surface area (Å²) in [5, 5.41) is 0. The molecule has 1 heterocycles. The van der Waals surface area contributed by atoms with E-state index in [0.717, 1.165) is 5.56 Å². The highest BCUT2D eigenvalue weighted by molar-refractivity contribution is 5.68. The smallest absolute Gasteiger partial charge is 0.410 e. The fourth-order valence-electron chi connectivity index (χ4n) is 1.75. The van der Waals surface area contributed by atoms with Crippen LogP contribution >= 0.6 is 0 Å². The third-order valence-corrected chi connectivity index (χ3v) is 2.75. The topological polar surface area (TPSA) is 55.6 Å². The molecule has 1 aliphatic heterocycles. The third-order valence-electron chi connectivity index (χ3n) is 2.75. The second-order valence-corrected chi connectivity index (χ2v) is 4.13. The Balaban J connectivity index is 1.82. The molecule has 1 aromatic rings. The van der Waals surface area contributed by atoms with Crippen LogP contribution in [0.25, 0.3) is 0 Å². The van der Waals surface area contributed by atoms with Gasteiger partial charge in [0.1, 0.15) is 12.8 Å². The number of nitrogens with two attached hydrogens (primary N) is 1. The summed E-state index contributed by atoms with van der Waals surface area (Å²) >= 11 is 0. The van der Waals surface area contributed by atoms with Crippen molar-refractivity contribution in [1.29, 1.82) is 0 Å². The molecule has 0 aromatic heterocycles. The SMILES string of the molecule is NC1CN(C(=O)OCc2ccccc2)CC1F. The summed E-state index contributed by atoms with van der Waals surface area (Å²) in [4.78, 5) is 12.9. The van der Waals surface area contributed by atoms with E-state index in [4.69, 9.17) is 10.5 Å². The van der Waals surface area contributed by atoms with Crippen LogP contribution in [0, 0.1) is 0 Å². The van der Waals surface area contributed by atoms with Crippen LogP contribution in [0.2, 0.25) is 0 Å². The highest BCUT2D eigenvalue weighted by Crippen LogP contribution is 2.13. The molecule has 0 saturated carbocycles. The molecule has 4 nitrogen and oxygen atoms in total. The molecule has 17 heavy (non-hydrogen) atoms. The zero-order valence-electron chi connectivity index (χ0n) is 9.38. The average molecular weight is 238 g/mol. The molecule has 1 aliphatic rings. The number of rotatable bonds is 2. The van der Waals surface area contributed by atoms with Crippen molar-refractivity contribution in [3.63, 3.8) is 0 Å². The van der Waals surface area contributed by atoms with Gasteiger partial charge in [-0.2, -0.15) is 0 Å². The minimum Gasteiger partial charge on any atom is -0.445 e. The van der Waals surface area contributed by atoms with E-state index < -0.39 is 18.3 Å². The molecule has 92 valence electrons. The van der Waals surface area contributed by atoms with Crippen molar-refractivity contribution in [2.75, 3.05) is 13.1 Å². The van der Waals surface area contributed by atoms with Crippen LogP contribution in [0.1, 0.15) is 5.56 Å². The van der Waals surface area contributed by atoms with Crippen molar-refractivity contribution in [1.82, 2.24) is 4.90 Å². The highest BCUT2D eigenvalue weighted by Gasteiger charge is 2.33. The molecular weight excluding hydrogens is 223 g/mol. The van der Waals surface area contributed by atoms with Gasteiger partial charge in [0.25, 0.3) is 0 Å². The first-order valence-corrected chi connectivity index (χ1v) is 5.52. The molecule has 0 spiro atoms. The van der Waals surface area contributed by atoms with Crippen molar-refractivity contribution in [3.8, 4) is 0 Å². The first-order chi connectivity index (χ1) is 8.16. The second kappa shape index (κ2) is 5.14. The number of likely N-dealkylation sites (tertiary alicyclic amines) is 1. The van der Waals surface area contributed by atoms with E-state index in [0.29, 0.717) is 0 Å². The van der Waals surface area contributed by atoms with Gasteiger partial charge in [0.2, 0.25) is 0 Å². The zero-order chi connectivity index (χ0) is 12.3. The number of benzene rings is 1. The Kier molecular flexibility index (Phi) is 3.58. The molecule has 0 radical (unpaired) electrons. The van der Waals surface area contributed by atoms with E-state index in [2.05, 4.69) is 0 Å². The highest BCUT2D eigenvalue weighted by atomic mass is 19.1. The van der Waals surface area contributed by atoms with Gasteiger partial charge in [-0.1, -0.05) is 30.3 Å². The molecule has 0 bridgehead atoms. The summed E-state index contributed by atoms with van der Waals surface area (Å²) in [6, 6.07) is 8.75. The van der Waals surface area contributed by atoms with Crippen molar-refractivity contribution in [3.05, 3.63) is 35.9 Å². The van der Waals surface area contributed by atoms with Crippen molar-refractivity contribution >= 4 is 6.09 Å². The number of carbonyl (C=O) groups is 1. The van der Waals surface area contributed by atoms with Crippen molar-refractivity contribution in [2.45, 2.75) is 18.8 Å². The standard InChI is InChI=1S/C12H15FN2O2/c13-10-6-15(7-11(10)14)12(16)17-8-9-4-2-1-3-5-9/h1-5,10-11H,6-8,14H2. The van der Waals surface area contributed by atoms with Crippen LogP contribution in [-0.2, 0) is 11.3 Å². The van der Waals surface area contributed by atoms with Gasteiger partial charge in [0.15, 0.2) is 0 Å². The van der Waals surface area contributed by atoms with Gasteiger partial charge in [-0.25, -0.2) is 9.18 Å². The molecular formula is C12H15FN2O2. The fourth-order valence-corrected chi connectivity index (χ4v) is 1.75. The Morgan fingerprint density at radius 1 is 1.41 bits per heavy atom. The molecule has 1 aromatic carbocycles. The first-order valence-electron chi connectivity index (χ1n) is 5.52. The number of halogens is 1. The predicted octanol–water partition coefficient (Wildman–Crippen LogP) is 1.30. The number of ether oxygens (including phenoxy) is 1. The zero-order valence-corrected chi connectivity index (χ0v) is 9.38. The van der Waals surface area contributed by atoms with E-state index in [1.165, 1.54) is 4.90 Å².